The molecule has 0 amide bonds. The van der Waals surface area contributed by atoms with E-state index in [4.69, 9.17) is 5.26 Å². The van der Waals surface area contributed by atoms with Gasteiger partial charge in [0, 0.05) is 43.8 Å². The Morgan fingerprint density at radius 1 is 0.852 bits per heavy atom. The Hall–Kier alpha value is -3.59. The van der Waals surface area contributed by atoms with Crippen LogP contribution in [0.5, 0.6) is 0 Å². The Kier molecular flexibility index (Phi) is 4.84. The summed E-state index contributed by atoms with van der Waals surface area (Å²) in [4.78, 5) is 13.7. The maximum absolute atomic E-state index is 8.89. The van der Waals surface area contributed by atoms with Crippen LogP contribution >= 0.6 is 0 Å². The summed E-state index contributed by atoms with van der Waals surface area (Å²) in [6.07, 6.45) is 1.78. The lowest BCUT2D eigenvalue weighted by Gasteiger charge is -2.36. The molecule has 2 heterocycles. The molecule has 1 aliphatic rings. The molecule has 134 valence electrons. The molecule has 4 rings (SSSR count). The van der Waals surface area contributed by atoms with Crippen LogP contribution in [0.3, 0.4) is 0 Å². The number of nitriles is 1. The number of hydrogen-bond acceptors (Lipinski definition) is 6. The lowest BCUT2D eigenvalue weighted by molar-refractivity contribution is 0.640. The van der Waals surface area contributed by atoms with E-state index in [-0.39, 0.29) is 0 Å². The SMILES string of the molecule is N#Cc1ccc(Nc2ccnc(N3CCN(c4ccccc4)CC3)n2)cc1. The summed E-state index contributed by atoms with van der Waals surface area (Å²) < 4.78 is 0. The second-order valence-corrected chi connectivity index (χ2v) is 6.37. The fourth-order valence-electron chi connectivity index (χ4n) is 3.15. The second-order valence-electron chi connectivity index (χ2n) is 6.37. The highest BCUT2D eigenvalue weighted by atomic mass is 15.3. The van der Waals surface area contributed by atoms with E-state index < -0.39 is 0 Å². The zero-order chi connectivity index (χ0) is 18.5. The molecule has 0 bridgehead atoms. The molecule has 2 aromatic carbocycles. The minimum Gasteiger partial charge on any atom is -0.368 e. The first kappa shape index (κ1) is 16.9. The first-order valence-electron chi connectivity index (χ1n) is 8.97. The molecular weight excluding hydrogens is 336 g/mol. The predicted molar refractivity (Wildman–Crippen MR) is 107 cm³/mol. The Labute approximate surface area is 158 Å². The summed E-state index contributed by atoms with van der Waals surface area (Å²) in [6, 6.07) is 21.8. The molecule has 27 heavy (non-hydrogen) atoms. The predicted octanol–water partition coefficient (Wildman–Crippen LogP) is 3.42. The van der Waals surface area contributed by atoms with E-state index in [9.17, 15) is 0 Å². The molecular formula is C21H20N6. The van der Waals surface area contributed by atoms with Gasteiger partial charge in [-0.1, -0.05) is 18.2 Å². The number of benzene rings is 2. The van der Waals surface area contributed by atoms with Gasteiger partial charge < -0.3 is 15.1 Å². The van der Waals surface area contributed by atoms with Gasteiger partial charge in [-0.15, -0.1) is 0 Å². The quantitative estimate of drug-likeness (QED) is 0.773. The van der Waals surface area contributed by atoms with Gasteiger partial charge in [0.25, 0.3) is 0 Å². The largest absolute Gasteiger partial charge is 0.368 e. The molecule has 0 aliphatic carbocycles. The van der Waals surface area contributed by atoms with Crippen LogP contribution in [-0.2, 0) is 0 Å². The first-order chi connectivity index (χ1) is 13.3. The lowest BCUT2D eigenvalue weighted by atomic mass is 10.2. The highest BCUT2D eigenvalue weighted by molar-refractivity contribution is 5.58. The van der Waals surface area contributed by atoms with E-state index in [2.05, 4.69) is 55.4 Å². The molecule has 1 saturated heterocycles. The summed E-state index contributed by atoms with van der Waals surface area (Å²) in [5.74, 6) is 1.48. The van der Waals surface area contributed by atoms with Crippen LogP contribution < -0.4 is 15.1 Å². The van der Waals surface area contributed by atoms with E-state index in [1.165, 1.54) is 5.69 Å². The molecule has 0 saturated carbocycles. The van der Waals surface area contributed by atoms with Crippen LogP contribution in [0, 0.1) is 11.3 Å². The normalized spacial score (nSPS) is 13.9. The van der Waals surface area contributed by atoms with Crippen molar-refractivity contribution in [3.63, 3.8) is 0 Å². The Morgan fingerprint density at radius 2 is 1.56 bits per heavy atom. The van der Waals surface area contributed by atoms with E-state index in [0.717, 1.165) is 43.6 Å². The summed E-state index contributed by atoms with van der Waals surface area (Å²) in [7, 11) is 0. The van der Waals surface area contributed by atoms with Crippen molar-refractivity contribution >= 4 is 23.1 Å². The van der Waals surface area contributed by atoms with Gasteiger partial charge in [0.05, 0.1) is 11.6 Å². The van der Waals surface area contributed by atoms with Crippen molar-refractivity contribution in [1.82, 2.24) is 9.97 Å². The number of aromatic nitrogens is 2. The van der Waals surface area contributed by atoms with Gasteiger partial charge in [0.2, 0.25) is 5.95 Å². The Bertz CT molecular complexity index is 925. The zero-order valence-corrected chi connectivity index (χ0v) is 14.9. The van der Waals surface area contributed by atoms with E-state index in [1.54, 1.807) is 18.3 Å². The van der Waals surface area contributed by atoms with Crippen LogP contribution in [0.4, 0.5) is 23.1 Å². The number of piperazine rings is 1. The molecule has 1 N–H and O–H groups in total. The number of hydrogen-bond donors (Lipinski definition) is 1. The van der Waals surface area contributed by atoms with Gasteiger partial charge in [-0.2, -0.15) is 10.2 Å². The summed E-state index contributed by atoms with van der Waals surface area (Å²) in [5, 5.41) is 12.2. The zero-order valence-electron chi connectivity index (χ0n) is 14.9. The third kappa shape index (κ3) is 3.98. The van der Waals surface area contributed by atoms with E-state index in [1.807, 2.05) is 24.3 Å². The van der Waals surface area contributed by atoms with Crippen molar-refractivity contribution in [1.29, 1.82) is 5.26 Å². The minimum atomic E-state index is 0.639. The van der Waals surface area contributed by atoms with Crippen molar-refractivity contribution in [3.05, 3.63) is 72.4 Å². The second kappa shape index (κ2) is 7.75. The molecule has 1 aliphatic heterocycles. The summed E-state index contributed by atoms with van der Waals surface area (Å²) in [5.41, 5.74) is 2.79. The van der Waals surface area contributed by atoms with Crippen LogP contribution in [0.1, 0.15) is 5.56 Å². The Morgan fingerprint density at radius 3 is 2.26 bits per heavy atom. The molecule has 0 spiro atoms. The van der Waals surface area contributed by atoms with Crippen molar-refractivity contribution in [2.45, 2.75) is 0 Å². The fourth-order valence-corrected chi connectivity index (χ4v) is 3.15. The molecule has 1 aromatic heterocycles. The van der Waals surface area contributed by atoms with Gasteiger partial charge in [-0.3, -0.25) is 0 Å². The number of para-hydroxylation sites is 1. The third-order valence-corrected chi connectivity index (χ3v) is 4.61. The van der Waals surface area contributed by atoms with Crippen molar-refractivity contribution in [3.8, 4) is 6.07 Å². The summed E-state index contributed by atoms with van der Waals surface area (Å²) >= 11 is 0. The molecule has 6 nitrogen and oxygen atoms in total. The van der Waals surface area contributed by atoms with Gasteiger partial charge in [-0.05, 0) is 42.5 Å². The smallest absolute Gasteiger partial charge is 0.227 e. The third-order valence-electron chi connectivity index (χ3n) is 4.61. The van der Waals surface area contributed by atoms with Crippen LogP contribution in [-0.4, -0.2) is 36.1 Å². The van der Waals surface area contributed by atoms with Crippen LogP contribution in [0.25, 0.3) is 0 Å². The Balaban J connectivity index is 1.41. The summed E-state index contributed by atoms with van der Waals surface area (Å²) in [6.45, 7) is 3.66. The topological polar surface area (TPSA) is 68.1 Å². The van der Waals surface area contributed by atoms with Crippen LogP contribution in [0.15, 0.2) is 66.9 Å². The molecule has 0 atom stereocenters. The molecule has 6 heteroatoms. The van der Waals surface area contributed by atoms with Crippen molar-refractivity contribution in [2.24, 2.45) is 0 Å². The number of nitrogens with zero attached hydrogens (tertiary/aromatic N) is 5. The number of rotatable bonds is 4. The first-order valence-corrected chi connectivity index (χ1v) is 8.97. The van der Waals surface area contributed by atoms with Crippen molar-refractivity contribution < 1.29 is 0 Å². The maximum Gasteiger partial charge on any atom is 0.227 e. The number of anilines is 4. The average Bonchev–Trinajstić information content (AvgIpc) is 2.75. The highest BCUT2D eigenvalue weighted by Crippen LogP contribution is 2.20. The molecule has 0 radical (unpaired) electrons. The van der Waals surface area contributed by atoms with Crippen molar-refractivity contribution in [2.75, 3.05) is 41.3 Å². The maximum atomic E-state index is 8.89. The standard InChI is InChI=1S/C21H20N6/c22-16-17-6-8-18(9-7-17)24-20-10-11-23-21(25-20)27-14-12-26(13-15-27)19-4-2-1-3-5-19/h1-11H,12-15H2,(H,23,24,25). The highest BCUT2D eigenvalue weighted by Gasteiger charge is 2.19. The fraction of sp³-hybridized carbons (Fsp3) is 0.190. The average molecular weight is 356 g/mol. The monoisotopic (exact) mass is 356 g/mol. The van der Waals surface area contributed by atoms with Gasteiger partial charge in [-0.25, -0.2) is 4.98 Å². The molecule has 3 aromatic rings. The molecule has 0 unspecified atom stereocenters. The van der Waals surface area contributed by atoms with E-state index in [0.29, 0.717) is 5.56 Å². The lowest BCUT2D eigenvalue weighted by Crippen LogP contribution is -2.47. The van der Waals surface area contributed by atoms with Crippen LogP contribution in [0.2, 0.25) is 0 Å². The molecule has 1 fully saturated rings. The van der Waals surface area contributed by atoms with Gasteiger partial charge in [0.1, 0.15) is 5.82 Å². The van der Waals surface area contributed by atoms with Gasteiger partial charge in [0.15, 0.2) is 0 Å². The minimum absolute atomic E-state index is 0.639. The number of nitrogens with one attached hydrogen (secondary N) is 1. The van der Waals surface area contributed by atoms with Gasteiger partial charge >= 0.3 is 0 Å². The van der Waals surface area contributed by atoms with E-state index >= 15 is 0 Å².